The number of carbonyl (C=O) groups excluding carboxylic acids is 1. The number of hydrogen-bond donors (Lipinski definition) is 0. The van der Waals surface area contributed by atoms with Crippen molar-refractivity contribution in [1.82, 2.24) is 9.80 Å². The second kappa shape index (κ2) is 8.51. The molecule has 154 valence electrons. The van der Waals surface area contributed by atoms with Crippen LogP contribution in [0.3, 0.4) is 0 Å². The van der Waals surface area contributed by atoms with Gasteiger partial charge in [-0.05, 0) is 11.6 Å². The van der Waals surface area contributed by atoms with Crippen molar-refractivity contribution in [3.05, 3.63) is 65.5 Å². The standard InChI is InChI=1S/C23H27FN2O3/c1-28-20-8-7-19(21(24)11-20)14-25-9-10-29-17-23(15-25)12-22(27)26(16-23)13-18-5-3-2-4-6-18/h2-8,11H,9-10,12-17H2,1H3/t23-/m1/s1. The first-order chi connectivity index (χ1) is 14.1. The molecule has 29 heavy (non-hydrogen) atoms. The zero-order chi connectivity index (χ0) is 20.3. The van der Waals surface area contributed by atoms with Crippen molar-refractivity contribution in [2.45, 2.75) is 19.5 Å². The van der Waals surface area contributed by atoms with E-state index in [1.54, 1.807) is 12.1 Å². The maximum atomic E-state index is 14.4. The second-order valence-corrected chi connectivity index (χ2v) is 8.13. The third-order valence-electron chi connectivity index (χ3n) is 5.79. The summed E-state index contributed by atoms with van der Waals surface area (Å²) in [5, 5.41) is 0. The smallest absolute Gasteiger partial charge is 0.223 e. The van der Waals surface area contributed by atoms with Gasteiger partial charge >= 0.3 is 0 Å². The lowest BCUT2D eigenvalue weighted by Crippen LogP contribution is -2.40. The van der Waals surface area contributed by atoms with Crippen LogP contribution in [0.15, 0.2) is 48.5 Å². The first-order valence-corrected chi connectivity index (χ1v) is 10.0. The van der Waals surface area contributed by atoms with Gasteiger partial charge in [-0.1, -0.05) is 36.4 Å². The maximum absolute atomic E-state index is 14.4. The van der Waals surface area contributed by atoms with Gasteiger partial charge in [-0.2, -0.15) is 0 Å². The number of benzene rings is 2. The van der Waals surface area contributed by atoms with E-state index in [0.29, 0.717) is 50.6 Å². The number of rotatable bonds is 5. The van der Waals surface area contributed by atoms with Gasteiger partial charge in [0, 0.05) is 56.2 Å². The first kappa shape index (κ1) is 19.9. The molecule has 2 heterocycles. The molecule has 6 heteroatoms. The Morgan fingerprint density at radius 3 is 2.72 bits per heavy atom. The van der Waals surface area contributed by atoms with Gasteiger partial charge in [-0.15, -0.1) is 0 Å². The van der Waals surface area contributed by atoms with Crippen molar-refractivity contribution < 1.29 is 18.7 Å². The van der Waals surface area contributed by atoms with E-state index in [1.165, 1.54) is 13.2 Å². The predicted molar refractivity (Wildman–Crippen MR) is 108 cm³/mol. The fourth-order valence-corrected chi connectivity index (χ4v) is 4.37. The van der Waals surface area contributed by atoms with Crippen LogP contribution in [-0.4, -0.2) is 55.7 Å². The lowest BCUT2D eigenvalue weighted by Gasteiger charge is -2.31. The molecule has 4 rings (SSSR count). The van der Waals surface area contributed by atoms with E-state index < -0.39 is 0 Å². The normalized spacial score (nSPS) is 22.8. The van der Waals surface area contributed by atoms with Crippen molar-refractivity contribution in [2.75, 3.05) is 40.0 Å². The van der Waals surface area contributed by atoms with E-state index in [-0.39, 0.29) is 17.1 Å². The number of hydrogen-bond acceptors (Lipinski definition) is 4. The molecule has 0 aromatic heterocycles. The van der Waals surface area contributed by atoms with E-state index in [4.69, 9.17) is 9.47 Å². The molecular weight excluding hydrogens is 371 g/mol. The van der Waals surface area contributed by atoms with Gasteiger partial charge in [0.1, 0.15) is 11.6 Å². The Morgan fingerprint density at radius 2 is 1.97 bits per heavy atom. The molecular formula is C23H27FN2O3. The molecule has 2 aromatic rings. The highest BCUT2D eigenvalue weighted by atomic mass is 19.1. The molecule has 2 aliphatic heterocycles. The van der Waals surface area contributed by atoms with Crippen LogP contribution in [0.1, 0.15) is 17.5 Å². The summed E-state index contributed by atoms with van der Waals surface area (Å²) in [5.41, 5.74) is 1.52. The van der Waals surface area contributed by atoms with Crippen LogP contribution < -0.4 is 4.74 Å². The fraction of sp³-hybridized carbons (Fsp3) is 0.435. The summed E-state index contributed by atoms with van der Waals surface area (Å²) in [6.07, 6.45) is 0.474. The minimum Gasteiger partial charge on any atom is -0.497 e. The van der Waals surface area contributed by atoms with Crippen molar-refractivity contribution in [3.63, 3.8) is 0 Å². The summed E-state index contributed by atoms with van der Waals surface area (Å²) in [4.78, 5) is 16.9. The van der Waals surface area contributed by atoms with Crippen LogP contribution >= 0.6 is 0 Å². The van der Waals surface area contributed by atoms with Crippen LogP contribution in [0.25, 0.3) is 0 Å². The Bertz CT molecular complexity index is 860. The first-order valence-electron chi connectivity index (χ1n) is 10.0. The van der Waals surface area contributed by atoms with Gasteiger partial charge in [0.25, 0.3) is 0 Å². The Labute approximate surface area is 171 Å². The number of halogens is 1. The van der Waals surface area contributed by atoms with E-state index >= 15 is 0 Å². The Kier molecular flexibility index (Phi) is 5.83. The molecule has 0 aliphatic carbocycles. The predicted octanol–water partition coefficient (Wildman–Crippen LogP) is 3.09. The van der Waals surface area contributed by atoms with Gasteiger partial charge in [-0.25, -0.2) is 4.39 Å². The number of carbonyl (C=O) groups is 1. The average Bonchev–Trinajstić information content (AvgIpc) is 2.89. The fourth-order valence-electron chi connectivity index (χ4n) is 4.37. The Balaban J connectivity index is 1.46. The zero-order valence-electron chi connectivity index (χ0n) is 16.8. The minimum absolute atomic E-state index is 0.162. The van der Waals surface area contributed by atoms with Crippen molar-refractivity contribution in [3.8, 4) is 5.75 Å². The largest absolute Gasteiger partial charge is 0.497 e. The van der Waals surface area contributed by atoms with Crippen LogP contribution in [0.4, 0.5) is 4.39 Å². The minimum atomic E-state index is -0.267. The molecule has 2 fully saturated rings. The third-order valence-corrected chi connectivity index (χ3v) is 5.79. The molecule has 0 saturated carbocycles. The van der Waals surface area contributed by atoms with Crippen LogP contribution in [0.2, 0.25) is 0 Å². The van der Waals surface area contributed by atoms with Gasteiger partial charge in [0.15, 0.2) is 0 Å². The van der Waals surface area contributed by atoms with Gasteiger partial charge in [-0.3, -0.25) is 9.69 Å². The number of ether oxygens (including phenoxy) is 2. The van der Waals surface area contributed by atoms with Crippen molar-refractivity contribution >= 4 is 5.91 Å². The number of amides is 1. The summed E-state index contributed by atoms with van der Waals surface area (Å²) in [7, 11) is 1.53. The van der Waals surface area contributed by atoms with Crippen LogP contribution in [0.5, 0.6) is 5.75 Å². The third kappa shape index (κ3) is 4.60. The SMILES string of the molecule is COc1ccc(CN2CCOC[C@]3(CC(=O)N(Cc4ccccc4)C3)C2)c(F)c1. The van der Waals surface area contributed by atoms with E-state index in [0.717, 1.165) is 18.7 Å². The highest BCUT2D eigenvalue weighted by Crippen LogP contribution is 2.35. The van der Waals surface area contributed by atoms with Crippen LogP contribution in [0, 0.1) is 11.2 Å². The molecule has 0 unspecified atom stereocenters. The van der Waals surface area contributed by atoms with Gasteiger partial charge < -0.3 is 14.4 Å². The maximum Gasteiger partial charge on any atom is 0.223 e. The molecule has 0 radical (unpaired) electrons. The van der Waals surface area contributed by atoms with E-state index in [9.17, 15) is 9.18 Å². The summed E-state index contributed by atoms with van der Waals surface area (Å²) in [6.45, 7) is 4.37. The Hall–Kier alpha value is -2.44. The zero-order valence-corrected chi connectivity index (χ0v) is 16.8. The van der Waals surface area contributed by atoms with E-state index in [1.807, 2.05) is 35.2 Å². The molecule has 2 saturated heterocycles. The molecule has 1 atom stereocenters. The molecule has 5 nitrogen and oxygen atoms in total. The van der Waals surface area contributed by atoms with Crippen LogP contribution in [-0.2, 0) is 22.6 Å². The Morgan fingerprint density at radius 1 is 1.14 bits per heavy atom. The lowest BCUT2D eigenvalue weighted by molar-refractivity contribution is -0.128. The summed E-state index contributed by atoms with van der Waals surface area (Å²) in [5.74, 6) is 0.409. The summed E-state index contributed by atoms with van der Waals surface area (Å²) < 4.78 is 25.4. The molecule has 2 aromatic carbocycles. The molecule has 0 N–H and O–H groups in total. The molecule has 2 aliphatic rings. The molecule has 0 bridgehead atoms. The monoisotopic (exact) mass is 398 g/mol. The lowest BCUT2D eigenvalue weighted by atomic mass is 9.87. The van der Waals surface area contributed by atoms with Gasteiger partial charge in [0.05, 0.1) is 20.3 Å². The van der Waals surface area contributed by atoms with Crippen molar-refractivity contribution in [2.24, 2.45) is 5.41 Å². The number of nitrogens with zero attached hydrogens (tertiary/aromatic N) is 2. The highest BCUT2D eigenvalue weighted by molar-refractivity contribution is 5.79. The quantitative estimate of drug-likeness (QED) is 0.776. The van der Waals surface area contributed by atoms with Crippen molar-refractivity contribution in [1.29, 1.82) is 0 Å². The van der Waals surface area contributed by atoms with E-state index in [2.05, 4.69) is 4.90 Å². The average molecular weight is 398 g/mol. The molecule has 1 spiro atoms. The highest BCUT2D eigenvalue weighted by Gasteiger charge is 2.45. The topological polar surface area (TPSA) is 42.0 Å². The summed E-state index contributed by atoms with van der Waals surface area (Å²) >= 11 is 0. The second-order valence-electron chi connectivity index (χ2n) is 8.13. The molecule has 1 amide bonds. The number of likely N-dealkylation sites (tertiary alicyclic amines) is 1. The number of methoxy groups -OCH3 is 1. The van der Waals surface area contributed by atoms with Gasteiger partial charge in [0.2, 0.25) is 5.91 Å². The summed E-state index contributed by atoms with van der Waals surface area (Å²) in [6, 6.07) is 15.0.